The second-order valence-electron chi connectivity index (χ2n) is 3.92. The molecule has 0 atom stereocenters. The van der Waals surface area contributed by atoms with Crippen LogP contribution in [0.4, 0.5) is 0 Å². The summed E-state index contributed by atoms with van der Waals surface area (Å²) in [6, 6.07) is 7.23. The van der Waals surface area contributed by atoms with E-state index in [0.29, 0.717) is 17.0 Å². The SMILES string of the molecule is CCOC(=O)CSc1c(C(=O)O)cnc2ccccc12. The number of carbonyl (C=O) groups excluding carboxylic acids is 1. The molecule has 1 N–H and O–H groups in total. The first-order valence-corrected chi connectivity index (χ1v) is 7.01. The summed E-state index contributed by atoms with van der Waals surface area (Å²) in [7, 11) is 0. The lowest BCUT2D eigenvalue weighted by molar-refractivity contribution is -0.139. The van der Waals surface area contributed by atoms with Crippen LogP contribution in [-0.4, -0.2) is 34.4 Å². The van der Waals surface area contributed by atoms with Crippen molar-refractivity contribution in [1.29, 1.82) is 0 Å². The van der Waals surface area contributed by atoms with E-state index in [4.69, 9.17) is 4.74 Å². The zero-order chi connectivity index (χ0) is 14.5. The van der Waals surface area contributed by atoms with Crippen LogP contribution >= 0.6 is 11.8 Å². The molecule has 0 aliphatic rings. The molecule has 6 heteroatoms. The summed E-state index contributed by atoms with van der Waals surface area (Å²) in [5.41, 5.74) is 0.793. The molecule has 5 nitrogen and oxygen atoms in total. The number of carboxylic acid groups (broad SMARTS) is 1. The first kappa shape index (κ1) is 14.3. The van der Waals surface area contributed by atoms with Crippen molar-refractivity contribution < 1.29 is 19.4 Å². The van der Waals surface area contributed by atoms with E-state index in [1.807, 2.05) is 12.1 Å². The number of para-hydroxylation sites is 1. The van der Waals surface area contributed by atoms with Crippen LogP contribution in [0.2, 0.25) is 0 Å². The molecule has 0 unspecified atom stereocenters. The molecule has 0 saturated heterocycles. The van der Waals surface area contributed by atoms with Crippen LogP contribution in [0.15, 0.2) is 35.4 Å². The van der Waals surface area contributed by atoms with Crippen molar-refractivity contribution in [2.45, 2.75) is 11.8 Å². The number of carboxylic acids is 1. The van der Waals surface area contributed by atoms with Gasteiger partial charge in [0.2, 0.25) is 0 Å². The Morgan fingerprint density at radius 1 is 1.35 bits per heavy atom. The predicted octanol–water partition coefficient (Wildman–Crippen LogP) is 2.59. The van der Waals surface area contributed by atoms with Crippen molar-refractivity contribution in [3.63, 3.8) is 0 Å². The second-order valence-corrected chi connectivity index (χ2v) is 4.90. The number of hydrogen-bond donors (Lipinski definition) is 1. The van der Waals surface area contributed by atoms with Crippen molar-refractivity contribution in [3.8, 4) is 0 Å². The van der Waals surface area contributed by atoms with Crippen LogP contribution in [0.1, 0.15) is 17.3 Å². The van der Waals surface area contributed by atoms with Crippen molar-refractivity contribution in [1.82, 2.24) is 4.98 Å². The molecule has 0 fully saturated rings. The summed E-state index contributed by atoms with van der Waals surface area (Å²) >= 11 is 1.16. The van der Waals surface area contributed by atoms with E-state index in [2.05, 4.69) is 4.98 Å². The Balaban J connectivity index is 2.39. The molecule has 104 valence electrons. The van der Waals surface area contributed by atoms with E-state index in [-0.39, 0.29) is 17.3 Å². The standard InChI is InChI=1S/C14H13NO4S/c1-2-19-12(16)8-20-13-9-5-3-4-6-11(9)15-7-10(13)14(17)18/h3-7H,2,8H2,1H3,(H,17,18). The molecule has 2 rings (SSSR count). The normalized spacial score (nSPS) is 10.4. The molecule has 0 radical (unpaired) electrons. The highest BCUT2D eigenvalue weighted by Gasteiger charge is 2.16. The van der Waals surface area contributed by atoms with Crippen molar-refractivity contribution >= 4 is 34.6 Å². The van der Waals surface area contributed by atoms with Gasteiger partial charge in [0, 0.05) is 16.5 Å². The van der Waals surface area contributed by atoms with Gasteiger partial charge in [0.05, 0.1) is 23.4 Å². The fourth-order valence-electron chi connectivity index (χ4n) is 1.76. The number of carbonyl (C=O) groups is 2. The van der Waals surface area contributed by atoms with Gasteiger partial charge in [-0.05, 0) is 13.0 Å². The van der Waals surface area contributed by atoms with Gasteiger partial charge in [0.15, 0.2) is 0 Å². The quantitative estimate of drug-likeness (QED) is 0.674. The van der Waals surface area contributed by atoms with Gasteiger partial charge in [-0.2, -0.15) is 0 Å². The maximum atomic E-state index is 11.4. The molecule has 0 aliphatic carbocycles. The molecule has 20 heavy (non-hydrogen) atoms. The summed E-state index contributed by atoms with van der Waals surface area (Å²) in [5.74, 6) is -1.35. The van der Waals surface area contributed by atoms with Crippen LogP contribution in [-0.2, 0) is 9.53 Å². The second kappa shape index (κ2) is 6.38. The highest BCUT2D eigenvalue weighted by atomic mass is 32.2. The van der Waals surface area contributed by atoms with Gasteiger partial charge in [0.25, 0.3) is 0 Å². The molecule has 1 aromatic heterocycles. The number of thioether (sulfide) groups is 1. The molecule has 0 saturated carbocycles. The number of hydrogen-bond acceptors (Lipinski definition) is 5. The van der Waals surface area contributed by atoms with E-state index in [1.165, 1.54) is 6.20 Å². The highest BCUT2D eigenvalue weighted by Crippen LogP contribution is 2.30. The average Bonchev–Trinajstić information content (AvgIpc) is 2.44. The summed E-state index contributed by atoms with van der Waals surface area (Å²) < 4.78 is 4.85. The first-order chi connectivity index (χ1) is 9.63. The number of esters is 1. The monoisotopic (exact) mass is 291 g/mol. The van der Waals surface area contributed by atoms with E-state index >= 15 is 0 Å². The minimum absolute atomic E-state index is 0.0716. The van der Waals surface area contributed by atoms with Crippen LogP contribution in [0.5, 0.6) is 0 Å². The number of aromatic carboxylic acids is 1. The van der Waals surface area contributed by atoms with Gasteiger partial charge < -0.3 is 9.84 Å². The lowest BCUT2D eigenvalue weighted by Gasteiger charge is -2.09. The van der Waals surface area contributed by atoms with Gasteiger partial charge in [-0.1, -0.05) is 18.2 Å². The molecule has 0 bridgehead atoms. The smallest absolute Gasteiger partial charge is 0.338 e. The summed E-state index contributed by atoms with van der Waals surface area (Å²) in [6.07, 6.45) is 1.32. The summed E-state index contributed by atoms with van der Waals surface area (Å²) in [6.45, 7) is 2.04. The number of fused-ring (bicyclic) bond motifs is 1. The Hall–Kier alpha value is -2.08. The van der Waals surface area contributed by atoms with E-state index < -0.39 is 5.97 Å². The van der Waals surface area contributed by atoms with Crippen LogP contribution in [0.3, 0.4) is 0 Å². The number of ether oxygens (including phenoxy) is 1. The predicted molar refractivity (Wildman–Crippen MR) is 76.1 cm³/mol. The number of aromatic nitrogens is 1. The number of pyridine rings is 1. The lowest BCUT2D eigenvalue weighted by Crippen LogP contribution is -2.08. The minimum atomic E-state index is -1.06. The number of rotatable bonds is 5. The Bertz CT molecular complexity index is 657. The van der Waals surface area contributed by atoms with Crippen molar-refractivity contribution in [2.75, 3.05) is 12.4 Å². The van der Waals surface area contributed by atoms with Crippen LogP contribution in [0.25, 0.3) is 10.9 Å². The largest absolute Gasteiger partial charge is 0.478 e. The maximum Gasteiger partial charge on any atom is 0.338 e. The molecule has 0 spiro atoms. The molecule has 2 aromatic rings. The number of benzene rings is 1. The maximum absolute atomic E-state index is 11.4. The van der Waals surface area contributed by atoms with E-state index in [0.717, 1.165) is 17.1 Å². The van der Waals surface area contributed by atoms with Gasteiger partial charge >= 0.3 is 11.9 Å². The van der Waals surface area contributed by atoms with Gasteiger partial charge in [-0.3, -0.25) is 9.78 Å². The third-order valence-corrected chi connectivity index (χ3v) is 3.70. The zero-order valence-corrected chi connectivity index (χ0v) is 11.6. The van der Waals surface area contributed by atoms with Crippen LogP contribution < -0.4 is 0 Å². The van der Waals surface area contributed by atoms with Crippen molar-refractivity contribution in [3.05, 3.63) is 36.0 Å². The van der Waals surface area contributed by atoms with Gasteiger partial charge in [-0.15, -0.1) is 11.8 Å². The third-order valence-electron chi connectivity index (χ3n) is 2.60. The fourth-order valence-corrected chi connectivity index (χ4v) is 2.73. The Labute approximate surface area is 120 Å². The molecule has 1 aromatic carbocycles. The Morgan fingerprint density at radius 2 is 2.10 bits per heavy atom. The molecule has 0 aliphatic heterocycles. The first-order valence-electron chi connectivity index (χ1n) is 6.03. The number of nitrogens with zero attached hydrogens (tertiary/aromatic N) is 1. The fraction of sp³-hybridized carbons (Fsp3) is 0.214. The van der Waals surface area contributed by atoms with Crippen molar-refractivity contribution in [2.24, 2.45) is 0 Å². The average molecular weight is 291 g/mol. The molecule has 0 amide bonds. The van der Waals surface area contributed by atoms with Gasteiger partial charge in [0.1, 0.15) is 0 Å². The molecule has 1 heterocycles. The summed E-state index contributed by atoms with van der Waals surface area (Å²) in [5, 5.41) is 9.95. The summed E-state index contributed by atoms with van der Waals surface area (Å²) in [4.78, 5) is 27.3. The minimum Gasteiger partial charge on any atom is -0.478 e. The van der Waals surface area contributed by atoms with Gasteiger partial charge in [-0.25, -0.2) is 4.79 Å². The molecular formula is C14H13NO4S. The zero-order valence-electron chi connectivity index (χ0n) is 10.8. The third kappa shape index (κ3) is 3.08. The molecular weight excluding hydrogens is 278 g/mol. The topological polar surface area (TPSA) is 76.5 Å². The lowest BCUT2D eigenvalue weighted by atomic mass is 10.1. The Morgan fingerprint density at radius 3 is 2.80 bits per heavy atom. The van der Waals surface area contributed by atoms with E-state index in [1.54, 1.807) is 19.1 Å². The Kier molecular flexibility index (Phi) is 4.57. The highest BCUT2D eigenvalue weighted by molar-refractivity contribution is 8.00. The van der Waals surface area contributed by atoms with Crippen LogP contribution in [0, 0.1) is 0 Å². The van der Waals surface area contributed by atoms with E-state index in [9.17, 15) is 14.7 Å².